The predicted octanol–water partition coefficient (Wildman–Crippen LogP) is 1.96. The van der Waals surface area contributed by atoms with Crippen molar-refractivity contribution >= 4 is 5.82 Å². The maximum Gasteiger partial charge on any atom is 0.340 e. The fraction of sp³-hybridized carbons (Fsp3) is 0.444. The fourth-order valence-electron chi connectivity index (χ4n) is 4.19. The second-order valence-electron chi connectivity index (χ2n) is 7.19. The Morgan fingerprint density at radius 2 is 2.04 bits per heavy atom. The first-order valence-corrected chi connectivity index (χ1v) is 9.09. The van der Waals surface area contributed by atoms with Crippen LogP contribution in [0.3, 0.4) is 0 Å². The molecule has 8 heteroatoms. The molecule has 134 valence electrons. The molecule has 0 amide bonds. The van der Waals surface area contributed by atoms with Gasteiger partial charge >= 0.3 is 5.69 Å². The summed E-state index contributed by atoms with van der Waals surface area (Å²) in [6, 6.07) is 6.10. The van der Waals surface area contributed by atoms with Crippen molar-refractivity contribution in [2.24, 2.45) is 11.8 Å². The van der Waals surface area contributed by atoms with Crippen molar-refractivity contribution < 1.29 is 0 Å². The SMILES string of the molecule is Cc1nccn1-c1cccc(N2CCC(C3CC3)C2c2n[nH]c(=O)[nH]2)n1. The van der Waals surface area contributed by atoms with E-state index >= 15 is 0 Å². The van der Waals surface area contributed by atoms with Gasteiger partial charge in [0.15, 0.2) is 5.82 Å². The molecule has 0 bridgehead atoms. The fourth-order valence-corrected chi connectivity index (χ4v) is 4.19. The van der Waals surface area contributed by atoms with Crippen molar-refractivity contribution in [3.8, 4) is 5.82 Å². The third-order valence-electron chi connectivity index (χ3n) is 5.56. The number of aryl methyl sites for hydroxylation is 1. The Balaban J connectivity index is 1.54. The van der Waals surface area contributed by atoms with Gasteiger partial charge in [0.1, 0.15) is 17.5 Å². The maximum atomic E-state index is 11.6. The molecule has 2 fully saturated rings. The lowest BCUT2D eigenvalue weighted by molar-refractivity contribution is 0.414. The van der Waals surface area contributed by atoms with E-state index in [1.807, 2.05) is 35.9 Å². The van der Waals surface area contributed by atoms with Gasteiger partial charge in [-0.1, -0.05) is 6.07 Å². The third kappa shape index (κ3) is 2.53. The molecule has 0 radical (unpaired) electrons. The van der Waals surface area contributed by atoms with Gasteiger partial charge in [0.05, 0.1) is 6.04 Å². The van der Waals surface area contributed by atoms with Crippen molar-refractivity contribution in [1.29, 1.82) is 0 Å². The van der Waals surface area contributed by atoms with E-state index < -0.39 is 0 Å². The lowest BCUT2D eigenvalue weighted by Crippen LogP contribution is -2.28. The van der Waals surface area contributed by atoms with Crippen LogP contribution in [0.1, 0.15) is 37.0 Å². The highest BCUT2D eigenvalue weighted by Crippen LogP contribution is 2.50. The Kier molecular flexibility index (Phi) is 3.44. The number of hydrogen-bond acceptors (Lipinski definition) is 5. The molecule has 1 aliphatic heterocycles. The lowest BCUT2D eigenvalue weighted by atomic mass is 9.94. The second kappa shape index (κ2) is 5.82. The summed E-state index contributed by atoms with van der Waals surface area (Å²) in [5, 5.41) is 6.76. The minimum absolute atomic E-state index is 0.0630. The van der Waals surface area contributed by atoms with Gasteiger partial charge in [-0.05, 0) is 50.2 Å². The Morgan fingerprint density at radius 3 is 2.73 bits per heavy atom. The van der Waals surface area contributed by atoms with Crippen molar-refractivity contribution in [2.75, 3.05) is 11.4 Å². The summed E-state index contributed by atoms with van der Waals surface area (Å²) in [7, 11) is 0. The summed E-state index contributed by atoms with van der Waals surface area (Å²) in [6.07, 6.45) is 7.33. The number of imidazole rings is 1. The number of nitrogens with one attached hydrogen (secondary N) is 2. The first-order valence-electron chi connectivity index (χ1n) is 9.09. The largest absolute Gasteiger partial charge is 0.346 e. The van der Waals surface area contributed by atoms with E-state index in [0.29, 0.717) is 5.92 Å². The van der Waals surface area contributed by atoms with Crippen LogP contribution in [0, 0.1) is 18.8 Å². The molecule has 26 heavy (non-hydrogen) atoms. The molecule has 4 heterocycles. The van der Waals surface area contributed by atoms with Crippen LogP contribution in [0.25, 0.3) is 5.82 Å². The molecule has 2 N–H and O–H groups in total. The molecule has 0 aromatic carbocycles. The number of aromatic nitrogens is 6. The van der Waals surface area contributed by atoms with Gasteiger partial charge in [-0.3, -0.25) is 9.55 Å². The zero-order chi connectivity index (χ0) is 17.7. The summed E-state index contributed by atoms with van der Waals surface area (Å²) in [6.45, 7) is 2.88. The number of rotatable bonds is 4. The van der Waals surface area contributed by atoms with Crippen molar-refractivity contribution in [2.45, 2.75) is 32.2 Å². The topological polar surface area (TPSA) is 95.5 Å². The van der Waals surface area contributed by atoms with Gasteiger partial charge in [-0.15, -0.1) is 0 Å². The molecule has 2 unspecified atom stereocenters. The van der Waals surface area contributed by atoms with E-state index in [-0.39, 0.29) is 11.7 Å². The molecule has 1 aliphatic carbocycles. The first kappa shape index (κ1) is 15.4. The van der Waals surface area contributed by atoms with Crippen LogP contribution >= 0.6 is 0 Å². The summed E-state index contributed by atoms with van der Waals surface area (Å²) in [4.78, 5) is 25.9. The standard InChI is InChI=1S/C18H21N7O/c1-11-19-8-10-24(11)14-3-2-4-15(20-14)25-9-7-13(12-5-6-12)16(25)17-21-18(26)23-22-17/h2-4,8,10,12-13,16H,5-7,9H2,1H3,(H2,21,22,23,26). The molecule has 2 aliphatic rings. The Labute approximate surface area is 150 Å². The number of anilines is 1. The highest BCUT2D eigenvalue weighted by Gasteiger charge is 2.45. The van der Waals surface area contributed by atoms with Crippen LogP contribution in [-0.2, 0) is 0 Å². The number of H-pyrrole nitrogens is 2. The van der Waals surface area contributed by atoms with Gasteiger partial charge in [0, 0.05) is 18.9 Å². The smallest absolute Gasteiger partial charge is 0.340 e. The van der Waals surface area contributed by atoms with E-state index in [4.69, 9.17) is 4.98 Å². The second-order valence-corrected chi connectivity index (χ2v) is 7.19. The molecular formula is C18H21N7O. The predicted molar refractivity (Wildman–Crippen MR) is 96.2 cm³/mol. The quantitative estimate of drug-likeness (QED) is 0.749. The van der Waals surface area contributed by atoms with Crippen molar-refractivity contribution in [3.05, 3.63) is 52.7 Å². The summed E-state index contributed by atoms with van der Waals surface area (Å²) in [5.41, 5.74) is -0.253. The normalized spacial score (nSPS) is 22.9. The maximum absolute atomic E-state index is 11.6. The molecular weight excluding hydrogens is 330 g/mol. The Morgan fingerprint density at radius 1 is 1.19 bits per heavy atom. The average Bonchev–Trinajstić information content (AvgIpc) is 3.04. The minimum atomic E-state index is -0.253. The van der Waals surface area contributed by atoms with E-state index in [9.17, 15) is 4.79 Å². The number of pyridine rings is 1. The van der Waals surface area contributed by atoms with E-state index in [2.05, 4.69) is 25.1 Å². The van der Waals surface area contributed by atoms with Gasteiger partial charge in [-0.25, -0.2) is 19.9 Å². The van der Waals surface area contributed by atoms with E-state index in [1.165, 1.54) is 12.8 Å². The highest BCUT2D eigenvalue weighted by molar-refractivity contribution is 5.46. The van der Waals surface area contributed by atoms with Crippen LogP contribution in [0.4, 0.5) is 5.82 Å². The van der Waals surface area contributed by atoms with Crippen molar-refractivity contribution in [3.63, 3.8) is 0 Å². The third-order valence-corrected chi connectivity index (χ3v) is 5.56. The zero-order valence-corrected chi connectivity index (χ0v) is 14.6. The monoisotopic (exact) mass is 351 g/mol. The molecule has 5 rings (SSSR count). The number of hydrogen-bond donors (Lipinski definition) is 2. The lowest BCUT2D eigenvalue weighted by Gasteiger charge is -2.27. The van der Waals surface area contributed by atoms with Gasteiger partial charge < -0.3 is 4.90 Å². The minimum Gasteiger partial charge on any atom is -0.346 e. The van der Waals surface area contributed by atoms with Crippen molar-refractivity contribution in [1.82, 2.24) is 29.7 Å². The Hall–Kier alpha value is -2.90. The van der Waals surface area contributed by atoms with Crippen LogP contribution in [0.15, 0.2) is 35.4 Å². The van der Waals surface area contributed by atoms with Crippen LogP contribution in [-0.4, -0.2) is 36.3 Å². The van der Waals surface area contributed by atoms with E-state index in [1.54, 1.807) is 6.20 Å². The van der Waals surface area contributed by atoms with Gasteiger partial charge in [-0.2, -0.15) is 5.10 Å². The summed E-state index contributed by atoms with van der Waals surface area (Å²) in [5.74, 6) is 4.61. The Bertz CT molecular complexity index is 983. The van der Waals surface area contributed by atoms with Gasteiger partial charge in [0.2, 0.25) is 0 Å². The van der Waals surface area contributed by atoms with Crippen LogP contribution < -0.4 is 10.6 Å². The molecule has 8 nitrogen and oxygen atoms in total. The number of aromatic amines is 2. The first-order chi connectivity index (χ1) is 12.7. The summed E-state index contributed by atoms with van der Waals surface area (Å²) >= 11 is 0. The molecule has 3 aromatic rings. The molecule has 1 saturated heterocycles. The van der Waals surface area contributed by atoms with Gasteiger partial charge in [0.25, 0.3) is 0 Å². The van der Waals surface area contributed by atoms with Crippen LogP contribution in [0.5, 0.6) is 0 Å². The molecule has 3 aromatic heterocycles. The highest BCUT2D eigenvalue weighted by atomic mass is 16.1. The number of nitrogens with zero attached hydrogens (tertiary/aromatic N) is 5. The molecule has 2 atom stereocenters. The average molecular weight is 351 g/mol. The van der Waals surface area contributed by atoms with Crippen LogP contribution in [0.2, 0.25) is 0 Å². The van der Waals surface area contributed by atoms with E-state index in [0.717, 1.165) is 42.2 Å². The zero-order valence-electron chi connectivity index (χ0n) is 14.6. The molecule has 0 spiro atoms. The summed E-state index contributed by atoms with van der Waals surface area (Å²) < 4.78 is 1.98. The molecule has 1 saturated carbocycles.